The molecule has 1 N–H and O–H groups in total. The summed E-state index contributed by atoms with van der Waals surface area (Å²) in [6.07, 6.45) is 0.820. The standard InChI is InChI=1S/C18H21FN2O4S/c1-3-12-25-17-7-5-4-6-16(17)20-18(22)13-21(2)26(23,24)15-10-8-14(19)9-11-15/h4-11H,3,12-13H2,1-2H3,(H,20,22). The Bertz CT molecular complexity index is 854. The van der Waals surface area contributed by atoms with Gasteiger partial charge in [-0.1, -0.05) is 19.1 Å². The molecule has 0 radical (unpaired) electrons. The fraction of sp³-hybridized carbons (Fsp3) is 0.278. The van der Waals surface area contributed by atoms with Crippen LogP contribution >= 0.6 is 0 Å². The van der Waals surface area contributed by atoms with Crippen LogP contribution in [-0.4, -0.2) is 38.8 Å². The van der Waals surface area contributed by atoms with E-state index in [0.29, 0.717) is 18.0 Å². The highest BCUT2D eigenvalue weighted by atomic mass is 32.2. The molecule has 0 aliphatic heterocycles. The van der Waals surface area contributed by atoms with Crippen molar-refractivity contribution in [2.75, 3.05) is 25.5 Å². The second-order valence-corrected chi connectivity index (χ2v) is 7.65. The number of amides is 1. The highest BCUT2D eigenvalue weighted by Gasteiger charge is 2.23. The van der Waals surface area contributed by atoms with Crippen LogP contribution < -0.4 is 10.1 Å². The van der Waals surface area contributed by atoms with Crippen molar-refractivity contribution in [1.82, 2.24) is 4.31 Å². The summed E-state index contributed by atoms with van der Waals surface area (Å²) in [4.78, 5) is 12.2. The monoisotopic (exact) mass is 380 g/mol. The Morgan fingerprint density at radius 2 is 1.81 bits per heavy atom. The summed E-state index contributed by atoms with van der Waals surface area (Å²) in [5.41, 5.74) is 0.471. The Kier molecular flexibility index (Phi) is 6.70. The molecule has 0 saturated heterocycles. The summed E-state index contributed by atoms with van der Waals surface area (Å²) in [6.45, 7) is 2.09. The van der Waals surface area contributed by atoms with Gasteiger partial charge >= 0.3 is 0 Å². The van der Waals surface area contributed by atoms with Crippen molar-refractivity contribution < 1.29 is 22.3 Å². The van der Waals surface area contributed by atoms with Crippen molar-refractivity contribution in [2.45, 2.75) is 18.2 Å². The summed E-state index contributed by atoms with van der Waals surface area (Å²) in [5.74, 6) is -0.523. The van der Waals surface area contributed by atoms with E-state index in [2.05, 4.69) is 5.32 Å². The number of halogens is 1. The fourth-order valence-electron chi connectivity index (χ4n) is 2.17. The summed E-state index contributed by atoms with van der Waals surface area (Å²) < 4.78 is 44.3. The van der Waals surface area contributed by atoms with E-state index in [0.717, 1.165) is 35.0 Å². The highest BCUT2D eigenvalue weighted by Crippen LogP contribution is 2.24. The minimum atomic E-state index is -3.89. The third-order valence-corrected chi connectivity index (χ3v) is 5.33. The molecular formula is C18H21FN2O4S. The molecule has 0 bridgehead atoms. The van der Waals surface area contributed by atoms with Gasteiger partial charge in [-0.05, 0) is 42.8 Å². The average molecular weight is 380 g/mol. The minimum absolute atomic E-state index is 0.0825. The third-order valence-electron chi connectivity index (χ3n) is 3.51. The Hall–Kier alpha value is -2.45. The lowest BCUT2D eigenvalue weighted by Crippen LogP contribution is -2.35. The van der Waals surface area contributed by atoms with Gasteiger partial charge in [0.1, 0.15) is 11.6 Å². The first kappa shape index (κ1) is 19.9. The van der Waals surface area contributed by atoms with E-state index in [-0.39, 0.29) is 11.4 Å². The SMILES string of the molecule is CCCOc1ccccc1NC(=O)CN(C)S(=O)(=O)c1ccc(F)cc1. The number of hydrogen-bond acceptors (Lipinski definition) is 4. The summed E-state index contributed by atoms with van der Waals surface area (Å²) >= 11 is 0. The predicted octanol–water partition coefficient (Wildman–Crippen LogP) is 2.87. The maximum atomic E-state index is 13.0. The van der Waals surface area contributed by atoms with Crippen molar-refractivity contribution in [1.29, 1.82) is 0 Å². The van der Waals surface area contributed by atoms with Gasteiger partial charge in [-0.2, -0.15) is 4.31 Å². The molecule has 0 heterocycles. The van der Waals surface area contributed by atoms with Crippen molar-refractivity contribution in [3.8, 4) is 5.75 Å². The maximum Gasteiger partial charge on any atom is 0.243 e. The van der Waals surface area contributed by atoms with E-state index in [1.807, 2.05) is 6.92 Å². The van der Waals surface area contributed by atoms with Crippen LogP contribution in [0.2, 0.25) is 0 Å². The van der Waals surface area contributed by atoms with Crippen molar-refractivity contribution in [3.63, 3.8) is 0 Å². The van der Waals surface area contributed by atoms with Crippen molar-refractivity contribution in [2.24, 2.45) is 0 Å². The number of para-hydroxylation sites is 2. The number of rotatable bonds is 8. The topological polar surface area (TPSA) is 75.7 Å². The first-order chi connectivity index (χ1) is 12.3. The van der Waals surface area contributed by atoms with Gasteiger partial charge in [0.25, 0.3) is 0 Å². The molecule has 0 spiro atoms. The van der Waals surface area contributed by atoms with Crippen LogP contribution in [-0.2, 0) is 14.8 Å². The third kappa shape index (κ3) is 5.03. The molecule has 2 aromatic carbocycles. The molecule has 0 aliphatic carbocycles. The van der Waals surface area contributed by atoms with Crippen molar-refractivity contribution >= 4 is 21.6 Å². The van der Waals surface area contributed by atoms with Crippen LogP contribution in [0.3, 0.4) is 0 Å². The van der Waals surface area contributed by atoms with Crippen LogP contribution in [0.25, 0.3) is 0 Å². The van der Waals surface area contributed by atoms with Gasteiger partial charge in [-0.25, -0.2) is 12.8 Å². The van der Waals surface area contributed by atoms with E-state index in [1.165, 1.54) is 7.05 Å². The van der Waals surface area contributed by atoms with E-state index in [9.17, 15) is 17.6 Å². The average Bonchev–Trinajstić information content (AvgIpc) is 2.61. The Morgan fingerprint density at radius 1 is 1.15 bits per heavy atom. The Balaban J connectivity index is 2.06. The van der Waals surface area contributed by atoms with Crippen LogP contribution in [0.1, 0.15) is 13.3 Å². The first-order valence-electron chi connectivity index (χ1n) is 8.08. The van der Waals surface area contributed by atoms with Gasteiger partial charge in [0.05, 0.1) is 23.7 Å². The highest BCUT2D eigenvalue weighted by molar-refractivity contribution is 7.89. The molecule has 6 nitrogen and oxygen atoms in total. The Morgan fingerprint density at radius 3 is 2.46 bits per heavy atom. The van der Waals surface area contributed by atoms with Gasteiger partial charge in [-0.3, -0.25) is 4.79 Å². The minimum Gasteiger partial charge on any atom is -0.491 e. The molecule has 0 aliphatic rings. The van der Waals surface area contributed by atoms with E-state index in [1.54, 1.807) is 24.3 Å². The number of sulfonamides is 1. The van der Waals surface area contributed by atoms with Gasteiger partial charge in [0.2, 0.25) is 15.9 Å². The van der Waals surface area contributed by atoms with Gasteiger partial charge in [0, 0.05) is 7.05 Å². The predicted molar refractivity (Wildman–Crippen MR) is 97.1 cm³/mol. The quantitative estimate of drug-likeness (QED) is 0.764. The van der Waals surface area contributed by atoms with E-state index in [4.69, 9.17) is 4.74 Å². The molecule has 8 heteroatoms. The van der Waals surface area contributed by atoms with E-state index >= 15 is 0 Å². The van der Waals surface area contributed by atoms with Gasteiger partial charge in [0.15, 0.2) is 0 Å². The number of carbonyl (C=O) groups excluding carboxylic acids is 1. The molecule has 0 saturated carbocycles. The maximum absolute atomic E-state index is 13.0. The van der Waals surface area contributed by atoms with E-state index < -0.39 is 21.7 Å². The number of ether oxygens (including phenoxy) is 1. The van der Waals surface area contributed by atoms with Crippen molar-refractivity contribution in [3.05, 3.63) is 54.3 Å². The van der Waals surface area contributed by atoms with Gasteiger partial charge < -0.3 is 10.1 Å². The lowest BCUT2D eigenvalue weighted by atomic mass is 10.3. The second kappa shape index (κ2) is 8.77. The summed E-state index contributed by atoms with van der Waals surface area (Å²) in [5, 5.41) is 2.65. The fourth-order valence-corrected chi connectivity index (χ4v) is 3.30. The number of nitrogens with one attached hydrogen (secondary N) is 1. The molecule has 140 valence electrons. The van der Waals surface area contributed by atoms with Crippen LogP contribution in [0.4, 0.5) is 10.1 Å². The second-order valence-electron chi connectivity index (χ2n) is 5.61. The molecule has 2 aromatic rings. The number of hydrogen-bond donors (Lipinski definition) is 1. The van der Waals surface area contributed by atoms with Crippen LogP contribution in [0.5, 0.6) is 5.75 Å². The number of benzene rings is 2. The smallest absolute Gasteiger partial charge is 0.243 e. The van der Waals surface area contributed by atoms with Gasteiger partial charge in [-0.15, -0.1) is 0 Å². The summed E-state index contributed by atoms with van der Waals surface area (Å²) in [7, 11) is -2.60. The lowest BCUT2D eigenvalue weighted by molar-refractivity contribution is -0.116. The van der Waals surface area contributed by atoms with Crippen LogP contribution in [0.15, 0.2) is 53.4 Å². The zero-order valence-corrected chi connectivity index (χ0v) is 15.4. The zero-order chi connectivity index (χ0) is 19.2. The molecule has 1 amide bonds. The number of likely N-dealkylation sites (N-methyl/N-ethyl adjacent to an activating group) is 1. The number of nitrogens with zero attached hydrogens (tertiary/aromatic N) is 1. The number of anilines is 1. The zero-order valence-electron chi connectivity index (χ0n) is 14.6. The Labute approximate surface area is 152 Å². The lowest BCUT2D eigenvalue weighted by Gasteiger charge is -2.18. The first-order valence-corrected chi connectivity index (χ1v) is 9.52. The normalized spacial score (nSPS) is 11.4. The molecule has 0 aromatic heterocycles. The molecule has 0 fully saturated rings. The molecular weight excluding hydrogens is 359 g/mol. The largest absolute Gasteiger partial charge is 0.491 e. The molecule has 26 heavy (non-hydrogen) atoms. The molecule has 2 rings (SSSR count). The molecule has 0 unspecified atom stereocenters. The summed E-state index contributed by atoms with van der Waals surface area (Å²) in [6, 6.07) is 11.4. The molecule has 0 atom stereocenters. The van der Waals surface area contributed by atoms with Crippen LogP contribution in [0, 0.1) is 5.82 Å². The number of carbonyl (C=O) groups is 1.